The van der Waals surface area contributed by atoms with Crippen molar-refractivity contribution in [3.05, 3.63) is 64.7 Å². The molecule has 2 aromatic carbocycles. The van der Waals surface area contributed by atoms with E-state index in [4.69, 9.17) is 17.4 Å². The van der Waals surface area contributed by atoms with Crippen LogP contribution < -0.4 is 16.6 Å². The van der Waals surface area contributed by atoms with Crippen molar-refractivity contribution in [2.75, 3.05) is 22.3 Å². The number of nitrogen functional groups attached to an aromatic ring is 1. The second-order valence-corrected chi connectivity index (χ2v) is 6.94. The van der Waals surface area contributed by atoms with Gasteiger partial charge in [-0.05, 0) is 29.8 Å². The van der Waals surface area contributed by atoms with Crippen LogP contribution >= 0.6 is 23.4 Å². The number of benzene rings is 2. The lowest BCUT2D eigenvalue weighted by molar-refractivity contribution is -0.113. The third kappa shape index (κ3) is 5.65. The molecule has 0 saturated carbocycles. The number of amides is 1. The highest BCUT2D eigenvalue weighted by molar-refractivity contribution is 7.99. The van der Waals surface area contributed by atoms with Crippen LogP contribution in [0.3, 0.4) is 0 Å². The SMILES string of the molecule is Nn1c(N/N=C/c2ccc(Cl)cc2)nnc1SCC(=O)Nc1ccc(F)cc1F. The summed E-state index contributed by atoms with van der Waals surface area (Å²) < 4.78 is 27.6. The highest BCUT2D eigenvalue weighted by Crippen LogP contribution is 2.19. The lowest BCUT2D eigenvalue weighted by Gasteiger charge is -2.06. The first-order valence-electron chi connectivity index (χ1n) is 8.05. The topological polar surface area (TPSA) is 110 Å². The van der Waals surface area contributed by atoms with Crippen molar-refractivity contribution >= 4 is 47.1 Å². The average Bonchev–Trinajstić information content (AvgIpc) is 3.04. The Morgan fingerprint density at radius 2 is 2.00 bits per heavy atom. The van der Waals surface area contributed by atoms with E-state index in [1.54, 1.807) is 30.5 Å². The highest BCUT2D eigenvalue weighted by atomic mass is 35.5. The number of thioether (sulfide) groups is 1. The third-order valence-corrected chi connectivity index (χ3v) is 4.65. The summed E-state index contributed by atoms with van der Waals surface area (Å²) in [7, 11) is 0. The smallest absolute Gasteiger partial charge is 0.264 e. The van der Waals surface area contributed by atoms with E-state index in [2.05, 4.69) is 26.0 Å². The summed E-state index contributed by atoms with van der Waals surface area (Å²) in [6.07, 6.45) is 1.54. The Morgan fingerprint density at radius 1 is 1.24 bits per heavy atom. The number of aromatic nitrogens is 3. The number of hydrazone groups is 1. The third-order valence-electron chi connectivity index (χ3n) is 3.45. The van der Waals surface area contributed by atoms with Crippen molar-refractivity contribution in [2.45, 2.75) is 5.16 Å². The Bertz CT molecular complexity index is 1040. The van der Waals surface area contributed by atoms with Crippen molar-refractivity contribution in [1.82, 2.24) is 14.9 Å². The monoisotopic (exact) mass is 437 g/mol. The molecule has 0 radical (unpaired) electrons. The first kappa shape index (κ1) is 20.6. The molecule has 1 amide bonds. The number of carbonyl (C=O) groups excluding carboxylic acids is 1. The van der Waals surface area contributed by atoms with Gasteiger partial charge in [-0.1, -0.05) is 35.5 Å². The van der Waals surface area contributed by atoms with Gasteiger partial charge in [0, 0.05) is 11.1 Å². The van der Waals surface area contributed by atoms with Gasteiger partial charge in [-0.3, -0.25) is 4.79 Å². The summed E-state index contributed by atoms with van der Waals surface area (Å²) in [5.41, 5.74) is 3.33. The van der Waals surface area contributed by atoms with E-state index in [0.717, 1.165) is 34.1 Å². The number of nitrogens with zero attached hydrogens (tertiary/aromatic N) is 4. The molecule has 4 N–H and O–H groups in total. The van der Waals surface area contributed by atoms with Crippen LogP contribution in [0.1, 0.15) is 5.56 Å². The molecule has 0 saturated heterocycles. The molecule has 0 atom stereocenters. The van der Waals surface area contributed by atoms with Gasteiger partial charge in [-0.2, -0.15) is 5.10 Å². The maximum absolute atomic E-state index is 13.6. The summed E-state index contributed by atoms with van der Waals surface area (Å²) >= 11 is 6.80. The molecule has 1 aromatic heterocycles. The van der Waals surface area contributed by atoms with Crippen LogP contribution in [-0.4, -0.2) is 32.7 Å². The fourth-order valence-electron chi connectivity index (χ4n) is 2.07. The van der Waals surface area contributed by atoms with Crippen LogP contribution in [0.25, 0.3) is 0 Å². The van der Waals surface area contributed by atoms with Crippen LogP contribution in [0.15, 0.2) is 52.7 Å². The Kier molecular flexibility index (Phi) is 6.62. The van der Waals surface area contributed by atoms with E-state index in [1.807, 2.05) is 0 Å². The van der Waals surface area contributed by atoms with E-state index in [9.17, 15) is 13.6 Å². The van der Waals surface area contributed by atoms with E-state index in [1.165, 1.54) is 0 Å². The molecule has 0 spiro atoms. The summed E-state index contributed by atoms with van der Waals surface area (Å²) in [6.45, 7) is 0. The van der Waals surface area contributed by atoms with Crippen LogP contribution in [0, 0.1) is 11.6 Å². The first-order valence-corrected chi connectivity index (χ1v) is 9.41. The van der Waals surface area contributed by atoms with Gasteiger partial charge < -0.3 is 11.2 Å². The summed E-state index contributed by atoms with van der Waals surface area (Å²) in [6, 6.07) is 9.89. The summed E-state index contributed by atoms with van der Waals surface area (Å²) in [5, 5.41) is 14.9. The van der Waals surface area contributed by atoms with Gasteiger partial charge in [-0.25, -0.2) is 18.9 Å². The Morgan fingerprint density at radius 3 is 2.72 bits per heavy atom. The highest BCUT2D eigenvalue weighted by Gasteiger charge is 2.13. The number of hydrogen-bond donors (Lipinski definition) is 3. The van der Waals surface area contributed by atoms with Crippen LogP contribution in [0.2, 0.25) is 5.02 Å². The van der Waals surface area contributed by atoms with Crippen molar-refractivity contribution in [1.29, 1.82) is 0 Å². The number of carbonyl (C=O) groups is 1. The minimum atomic E-state index is -0.865. The normalized spacial score (nSPS) is 11.0. The maximum Gasteiger partial charge on any atom is 0.264 e. The Labute approximate surface area is 173 Å². The second kappa shape index (κ2) is 9.34. The average molecular weight is 438 g/mol. The zero-order valence-electron chi connectivity index (χ0n) is 14.6. The quantitative estimate of drug-likeness (QED) is 0.227. The lowest BCUT2D eigenvalue weighted by Crippen LogP contribution is -2.17. The number of hydrogen-bond acceptors (Lipinski definition) is 7. The molecule has 0 unspecified atom stereocenters. The Hall–Kier alpha value is -3.18. The number of halogens is 3. The summed E-state index contributed by atoms with van der Waals surface area (Å²) in [5.74, 6) is 3.80. The van der Waals surface area contributed by atoms with E-state index in [-0.39, 0.29) is 22.5 Å². The van der Waals surface area contributed by atoms with Gasteiger partial charge in [0.25, 0.3) is 5.95 Å². The van der Waals surface area contributed by atoms with Gasteiger partial charge in [0.05, 0.1) is 17.7 Å². The molecule has 12 heteroatoms. The lowest BCUT2D eigenvalue weighted by atomic mass is 10.2. The molecule has 3 rings (SSSR count). The molecule has 150 valence electrons. The van der Waals surface area contributed by atoms with Crippen LogP contribution in [0.4, 0.5) is 20.4 Å². The van der Waals surface area contributed by atoms with E-state index >= 15 is 0 Å². The van der Waals surface area contributed by atoms with Crippen molar-refractivity contribution in [3.8, 4) is 0 Å². The zero-order valence-corrected chi connectivity index (χ0v) is 16.2. The fourth-order valence-corrected chi connectivity index (χ4v) is 2.85. The van der Waals surface area contributed by atoms with Gasteiger partial charge >= 0.3 is 0 Å². The molecule has 8 nitrogen and oxygen atoms in total. The molecule has 0 aliphatic heterocycles. The fraction of sp³-hybridized carbons (Fsp3) is 0.0588. The van der Waals surface area contributed by atoms with Crippen LogP contribution in [0.5, 0.6) is 0 Å². The maximum atomic E-state index is 13.6. The van der Waals surface area contributed by atoms with E-state index < -0.39 is 17.5 Å². The van der Waals surface area contributed by atoms with Gasteiger partial charge in [-0.15, -0.1) is 10.2 Å². The Balaban J connectivity index is 1.53. The van der Waals surface area contributed by atoms with Crippen molar-refractivity contribution < 1.29 is 13.6 Å². The van der Waals surface area contributed by atoms with Gasteiger partial charge in [0.15, 0.2) is 0 Å². The molecule has 29 heavy (non-hydrogen) atoms. The number of nitrogens with one attached hydrogen (secondary N) is 2. The molecule has 1 heterocycles. The largest absolute Gasteiger partial charge is 0.334 e. The second-order valence-electron chi connectivity index (χ2n) is 5.56. The van der Waals surface area contributed by atoms with Crippen molar-refractivity contribution in [2.24, 2.45) is 5.10 Å². The molecule has 0 fully saturated rings. The molecule has 0 aliphatic rings. The van der Waals surface area contributed by atoms with Crippen LogP contribution in [-0.2, 0) is 4.79 Å². The number of anilines is 2. The predicted octanol–water partition coefficient (Wildman–Crippen LogP) is 3.10. The molecular weight excluding hydrogens is 424 g/mol. The minimum absolute atomic E-state index is 0.111. The van der Waals surface area contributed by atoms with Gasteiger partial charge in [0.1, 0.15) is 11.6 Å². The minimum Gasteiger partial charge on any atom is -0.334 e. The molecular formula is C17H14ClF2N7OS. The van der Waals surface area contributed by atoms with E-state index in [0.29, 0.717) is 11.1 Å². The number of nitrogens with two attached hydrogens (primary N) is 1. The van der Waals surface area contributed by atoms with Crippen molar-refractivity contribution in [3.63, 3.8) is 0 Å². The predicted molar refractivity (Wildman–Crippen MR) is 109 cm³/mol. The molecule has 3 aromatic rings. The first-order chi connectivity index (χ1) is 13.9. The standard InChI is InChI=1S/C17H14ClF2N7OS/c18-11-3-1-10(2-4-11)8-22-24-16-25-26-17(27(16)21)29-9-15(28)23-14-6-5-12(19)7-13(14)20/h1-8H,9,21H2,(H,23,28)(H,24,25)/b22-8+. The molecule has 0 bridgehead atoms. The molecule has 0 aliphatic carbocycles. The number of rotatable bonds is 7. The summed E-state index contributed by atoms with van der Waals surface area (Å²) in [4.78, 5) is 12.0. The zero-order chi connectivity index (χ0) is 20.8. The van der Waals surface area contributed by atoms with Gasteiger partial charge in [0.2, 0.25) is 11.1 Å².